The van der Waals surface area contributed by atoms with Gasteiger partial charge in [0.2, 0.25) is 0 Å². The van der Waals surface area contributed by atoms with Crippen molar-refractivity contribution in [2.45, 2.75) is 108 Å². The van der Waals surface area contributed by atoms with Crippen molar-refractivity contribution in [3.8, 4) is 0 Å². The standard InChI is InChI=1S/C25H44O8/c1-6-22(2,31)10-7-17-23(3)11-9-18(28)24(4,14-26)16(23)8-12-25(17,5)33-21-20(30)19(29)15(27)13-32-21/h6,15-21,26-31H,1,7-14H2,2-5H3. The number of aliphatic hydroxyl groups excluding tert-OH is 5. The third-order valence-electron chi connectivity index (χ3n) is 9.33. The highest BCUT2D eigenvalue weighted by molar-refractivity contribution is 5.12. The highest BCUT2D eigenvalue weighted by atomic mass is 16.7. The molecule has 0 aromatic rings. The predicted molar refractivity (Wildman–Crippen MR) is 122 cm³/mol. The first-order valence-electron chi connectivity index (χ1n) is 12.2. The Hall–Kier alpha value is -0.580. The molecule has 0 radical (unpaired) electrons. The van der Waals surface area contributed by atoms with Crippen LogP contribution in [0.3, 0.4) is 0 Å². The summed E-state index contributed by atoms with van der Waals surface area (Å²) >= 11 is 0. The van der Waals surface area contributed by atoms with Gasteiger partial charge >= 0.3 is 0 Å². The van der Waals surface area contributed by atoms with Crippen LogP contribution in [0.25, 0.3) is 0 Å². The van der Waals surface area contributed by atoms with Crippen LogP contribution in [-0.2, 0) is 9.47 Å². The van der Waals surface area contributed by atoms with Crippen LogP contribution >= 0.6 is 0 Å². The fraction of sp³-hybridized carbons (Fsp3) is 0.920. The summed E-state index contributed by atoms with van der Waals surface area (Å²) in [5.74, 6) is -0.0490. The molecule has 0 aromatic carbocycles. The van der Waals surface area contributed by atoms with Crippen molar-refractivity contribution in [3.63, 3.8) is 0 Å². The summed E-state index contributed by atoms with van der Waals surface area (Å²) in [6.07, 6.45) is -0.407. The number of hydrogen-bond acceptors (Lipinski definition) is 8. The van der Waals surface area contributed by atoms with Gasteiger partial charge in [-0.05, 0) is 69.6 Å². The summed E-state index contributed by atoms with van der Waals surface area (Å²) in [5, 5.41) is 62.2. The Morgan fingerprint density at radius 2 is 1.76 bits per heavy atom. The smallest absolute Gasteiger partial charge is 0.186 e. The van der Waals surface area contributed by atoms with Gasteiger partial charge in [0.1, 0.15) is 18.3 Å². The molecule has 1 aliphatic heterocycles. The maximum Gasteiger partial charge on any atom is 0.186 e. The van der Waals surface area contributed by atoms with Crippen molar-refractivity contribution in [2.24, 2.45) is 22.7 Å². The zero-order valence-corrected chi connectivity index (χ0v) is 20.5. The molecule has 11 atom stereocenters. The largest absolute Gasteiger partial charge is 0.396 e. The minimum atomic E-state index is -1.39. The second-order valence-corrected chi connectivity index (χ2v) is 11.6. The number of fused-ring (bicyclic) bond motifs is 1. The molecule has 1 saturated heterocycles. The summed E-state index contributed by atoms with van der Waals surface area (Å²) in [7, 11) is 0. The summed E-state index contributed by atoms with van der Waals surface area (Å²) in [6.45, 7) is 11.3. The van der Waals surface area contributed by atoms with Crippen LogP contribution in [-0.4, -0.2) is 85.8 Å². The fourth-order valence-electron chi connectivity index (χ4n) is 6.99. The molecule has 6 N–H and O–H groups in total. The van der Waals surface area contributed by atoms with Gasteiger partial charge in [-0.2, -0.15) is 0 Å². The lowest BCUT2D eigenvalue weighted by Gasteiger charge is -2.64. The van der Waals surface area contributed by atoms with Gasteiger partial charge in [0, 0.05) is 5.41 Å². The predicted octanol–water partition coefficient (Wildman–Crippen LogP) is 1.10. The van der Waals surface area contributed by atoms with Crippen LogP contribution < -0.4 is 0 Å². The van der Waals surface area contributed by atoms with Crippen LogP contribution in [0.4, 0.5) is 0 Å². The van der Waals surface area contributed by atoms with Crippen LogP contribution in [0.1, 0.15) is 66.2 Å². The number of hydrogen-bond donors (Lipinski definition) is 6. The molecule has 2 saturated carbocycles. The Morgan fingerprint density at radius 3 is 2.36 bits per heavy atom. The average Bonchev–Trinajstić information content (AvgIpc) is 2.76. The van der Waals surface area contributed by atoms with E-state index in [0.717, 1.165) is 6.42 Å². The molecule has 3 rings (SSSR count). The van der Waals surface area contributed by atoms with Crippen molar-refractivity contribution in [3.05, 3.63) is 12.7 Å². The maximum absolute atomic E-state index is 10.8. The fourth-order valence-corrected chi connectivity index (χ4v) is 6.99. The van der Waals surface area contributed by atoms with Gasteiger partial charge in [-0.1, -0.05) is 19.9 Å². The van der Waals surface area contributed by atoms with Gasteiger partial charge in [-0.25, -0.2) is 0 Å². The Morgan fingerprint density at radius 1 is 1.09 bits per heavy atom. The molecule has 192 valence electrons. The van der Waals surface area contributed by atoms with E-state index in [1.165, 1.54) is 6.08 Å². The number of aliphatic hydroxyl groups is 6. The highest BCUT2D eigenvalue weighted by Crippen LogP contribution is 2.64. The topological polar surface area (TPSA) is 140 Å². The van der Waals surface area contributed by atoms with Crippen molar-refractivity contribution in [2.75, 3.05) is 13.2 Å². The SMILES string of the molecule is C=CC(C)(O)CCC1C(C)(OC2OCC(O)C(O)C2O)CCC2C(C)(CO)C(O)CCC12C. The monoisotopic (exact) mass is 472 g/mol. The molecule has 3 aliphatic rings. The summed E-state index contributed by atoms with van der Waals surface area (Å²) < 4.78 is 12.0. The minimum absolute atomic E-state index is 0.0405. The van der Waals surface area contributed by atoms with Gasteiger partial charge in [0.15, 0.2) is 6.29 Å². The van der Waals surface area contributed by atoms with E-state index < -0.39 is 47.3 Å². The summed E-state index contributed by atoms with van der Waals surface area (Å²) in [6, 6.07) is 0. The van der Waals surface area contributed by atoms with Gasteiger partial charge in [-0.15, -0.1) is 6.58 Å². The third kappa shape index (κ3) is 4.78. The Bertz CT molecular complexity index is 700. The molecule has 0 spiro atoms. The van der Waals surface area contributed by atoms with E-state index in [1.807, 2.05) is 13.8 Å². The molecular formula is C25H44O8. The zero-order valence-electron chi connectivity index (χ0n) is 20.5. The van der Waals surface area contributed by atoms with E-state index in [9.17, 15) is 30.6 Å². The van der Waals surface area contributed by atoms with Crippen LogP contribution in [0.5, 0.6) is 0 Å². The molecule has 1 heterocycles. The van der Waals surface area contributed by atoms with E-state index in [-0.39, 0.29) is 30.5 Å². The molecule has 8 heteroatoms. The zero-order chi connectivity index (χ0) is 24.8. The molecular weight excluding hydrogens is 428 g/mol. The lowest BCUT2D eigenvalue weighted by Crippen LogP contribution is -2.64. The second kappa shape index (κ2) is 9.47. The Labute approximate surface area is 197 Å². The van der Waals surface area contributed by atoms with Gasteiger partial charge in [-0.3, -0.25) is 0 Å². The van der Waals surface area contributed by atoms with Crippen LogP contribution in [0.15, 0.2) is 12.7 Å². The average molecular weight is 473 g/mol. The summed E-state index contributed by atoms with van der Waals surface area (Å²) in [4.78, 5) is 0. The minimum Gasteiger partial charge on any atom is -0.396 e. The van der Waals surface area contributed by atoms with Gasteiger partial charge in [0.25, 0.3) is 0 Å². The molecule has 11 unspecified atom stereocenters. The number of ether oxygens (including phenoxy) is 2. The Kier molecular flexibility index (Phi) is 7.75. The lowest BCUT2D eigenvalue weighted by atomic mass is 9.44. The molecule has 2 aliphatic carbocycles. The van der Waals surface area contributed by atoms with E-state index >= 15 is 0 Å². The molecule has 33 heavy (non-hydrogen) atoms. The molecule has 3 fully saturated rings. The van der Waals surface area contributed by atoms with Crippen LogP contribution in [0.2, 0.25) is 0 Å². The quantitative estimate of drug-likeness (QED) is 0.239. The Balaban J connectivity index is 1.95. The lowest BCUT2D eigenvalue weighted by molar-refractivity contribution is -0.326. The number of rotatable bonds is 7. The first-order valence-corrected chi connectivity index (χ1v) is 12.2. The van der Waals surface area contributed by atoms with Crippen molar-refractivity contribution < 1.29 is 40.1 Å². The van der Waals surface area contributed by atoms with E-state index in [0.29, 0.717) is 32.1 Å². The molecule has 0 bridgehead atoms. The highest BCUT2D eigenvalue weighted by Gasteiger charge is 2.62. The van der Waals surface area contributed by atoms with E-state index in [2.05, 4.69) is 13.5 Å². The van der Waals surface area contributed by atoms with Crippen molar-refractivity contribution in [1.29, 1.82) is 0 Å². The van der Waals surface area contributed by atoms with Crippen LogP contribution in [0, 0.1) is 22.7 Å². The third-order valence-corrected chi connectivity index (χ3v) is 9.33. The van der Waals surface area contributed by atoms with E-state index in [4.69, 9.17) is 9.47 Å². The molecule has 8 nitrogen and oxygen atoms in total. The summed E-state index contributed by atoms with van der Waals surface area (Å²) in [5.41, 5.74) is -2.76. The molecule has 0 aromatic heterocycles. The van der Waals surface area contributed by atoms with Gasteiger partial charge in [0.05, 0.1) is 30.5 Å². The maximum atomic E-state index is 10.8. The van der Waals surface area contributed by atoms with Crippen molar-refractivity contribution in [1.82, 2.24) is 0 Å². The van der Waals surface area contributed by atoms with Crippen molar-refractivity contribution >= 4 is 0 Å². The first kappa shape index (κ1) is 27.0. The first-order chi connectivity index (χ1) is 15.2. The van der Waals surface area contributed by atoms with Gasteiger partial charge < -0.3 is 40.1 Å². The molecule has 0 amide bonds. The van der Waals surface area contributed by atoms with E-state index in [1.54, 1.807) is 6.92 Å². The normalized spacial score (nSPS) is 50.3. The second-order valence-electron chi connectivity index (χ2n) is 11.6.